The Kier molecular flexibility index (Phi) is 4.96. The van der Waals surface area contributed by atoms with Crippen molar-refractivity contribution in [2.45, 2.75) is 12.3 Å². The van der Waals surface area contributed by atoms with Gasteiger partial charge < -0.3 is 5.32 Å². The van der Waals surface area contributed by atoms with Gasteiger partial charge in [0.2, 0.25) is 5.91 Å². The zero-order chi connectivity index (χ0) is 20.4. The van der Waals surface area contributed by atoms with Gasteiger partial charge in [-0.3, -0.25) is 19.3 Å². The highest BCUT2D eigenvalue weighted by atomic mass is 16.2. The molecule has 3 aromatic carbocycles. The minimum atomic E-state index is -0.354. The monoisotopic (exact) mass is 384 g/mol. The second-order valence-corrected chi connectivity index (χ2v) is 7.06. The predicted octanol–water partition coefficient (Wildman–Crippen LogP) is 4.07. The van der Waals surface area contributed by atoms with Crippen molar-refractivity contribution in [3.05, 3.63) is 101 Å². The molecule has 29 heavy (non-hydrogen) atoms. The van der Waals surface area contributed by atoms with Gasteiger partial charge in [-0.15, -0.1) is 0 Å². The molecule has 0 spiro atoms. The molecule has 0 saturated carbocycles. The Morgan fingerprint density at radius 3 is 1.97 bits per heavy atom. The summed E-state index contributed by atoms with van der Waals surface area (Å²) in [5, 5.41) is 2.87. The highest BCUT2D eigenvalue weighted by molar-refractivity contribution is 6.21. The molecule has 0 fully saturated rings. The molecule has 0 saturated heterocycles. The topological polar surface area (TPSA) is 66.5 Å². The fraction of sp³-hybridized carbons (Fsp3) is 0.125. The number of hydrogen-bond donors (Lipinski definition) is 1. The molecule has 1 N–H and O–H groups in total. The van der Waals surface area contributed by atoms with E-state index in [1.165, 1.54) is 7.05 Å². The lowest BCUT2D eigenvalue weighted by Crippen LogP contribution is -2.24. The minimum Gasteiger partial charge on any atom is -0.326 e. The van der Waals surface area contributed by atoms with E-state index in [1.807, 2.05) is 60.7 Å². The van der Waals surface area contributed by atoms with Gasteiger partial charge in [-0.25, -0.2) is 0 Å². The second kappa shape index (κ2) is 7.72. The lowest BCUT2D eigenvalue weighted by Gasteiger charge is -2.18. The number of nitrogens with zero attached hydrogens (tertiary/aromatic N) is 1. The van der Waals surface area contributed by atoms with Crippen LogP contribution in [-0.4, -0.2) is 29.7 Å². The van der Waals surface area contributed by atoms with E-state index >= 15 is 0 Å². The maximum Gasteiger partial charge on any atom is 0.261 e. The van der Waals surface area contributed by atoms with Gasteiger partial charge in [0.15, 0.2) is 0 Å². The number of nitrogens with one attached hydrogen (secondary N) is 1. The molecule has 0 unspecified atom stereocenters. The van der Waals surface area contributed by atoms with Gasteiger partial charge >= 0.3 is 0 Å². The number of imide groups is 1. The van der Waals surface area contributed by atoms with E-state index in [4.69, 9.17) is 0 Å². The van der Waals surface area contributed by atoms with Crippen LogP contribution in [0.5, 0.6) is 0 Å². The van der Waals surface area contributed by atoms with Crippen LogP contribution in [0, 0.1) is 0 Å². The summed E-state index contributed by atoms with van der Waals surface area (Å²) in [6.07, 6.45) is 0.262. The summed E-state index contributed by atoms with van der Waals surface area (Å²) in [5.41, 5.74) is 3.31. The van der Waals surface area contributed by atoms with Crippen molar-refractivity contribution in [1.82, 2.24) is 4.90 Å². The predicted molar refractivity (Wildman–Crippen MR) is 111 cm³/mol. The molecular formula is C24H20N2O3. The first kappa shape index (κ1) is 18.6. The van der Waals surface area contributed by atoms with Gasteiger partial charge in [-0.05, 0) is 29.3 Å². The highest BCUT2D eigenvalue weighted by Crippen LogP contribution is 2.29. The number of benzene rings is 3. The molecule has 4 rings (SSSR count). The molecular weight excluding hydrogens is 364 g/mol. The van der Waals surface area contributed by atoms with Gasteiger partial charge in [-0.1, -0.05) is 60.7 Å². The highest BCUT2D eigenvalue weighted by Gasteiger charge is 2.32. The fourth-order valence-corrected chi connectivity index (χ4v) is 3.64. The third-order valence-corrected chi connectivity index (χ3v) is 5.17. The quantitative estimate of drug-likeness (QED) is 0.674. The van der Waals surface area contributed by atoms with Crippen molar-refractivity contribution in [3.63, 3.8) is 0 Å². The van der Waals surface area contributed by atoms with Crippen LogP contribution in [0.1, 0.15) is 44.2 Å². The van der Waals surface area contributed by atoms with Crippen LogP contribution in [0.15, 0.2) is 78.9 Å². The first-order valence-electron chi connectivity index (χ1n) is 9.41. The van der Waals surface area contributed by atoms with E-state index in [0.29, 0.717) is 16.8 Å². The zero-order valence-corrected chi connectivity index (χ0v) is 16.0. The largest absolute Gasteiger partial charge is 0.326 e. The Balaban J connectivity index is 1.55. The van der Waals surface area contributed by atoms with Crippen LogP contribution in [0.2, 0.25) is 0 Å². The lowest BCUT2D eigenvalue weighted by atomic mass is 9.88. The Morgan fingerprint density at radius 2 is 1.38 bits per heavy atom. The van der Waals surface area contributed by atoms with Crippen LogP contribution in [-0.2, 0) is 4.79 Å². The number of carbonyl (C=O) groups is 3. The number of amides is 3. The van der Waals surface area contributed by atoms with Crippen molar-refractivity contribution < 1.29 is 14.4 Å². The van der Waals surface area contributed by atoms with Crippen molar-refractivity contribution >= 4 is 23.4 Å². The first-order chi connectivity index (χ1) is 14.0. The third kappa shape index (κ3) is 3.67. The van der Waals surface area contributed by atoms with E-state index in [-0.39, 0.29) is 30.1 Å². The van der Waals surface area contributed by atoms with Gasteiger partial charge in [0.25, 0.3) is 11.8 Å². The standard InChI is InChI=1S/C24H20N2O3/c1-26-23(28)19-13-12-18(14-21(19)24(26)29)25-22(27)15-20(16-8-4-2-5-9-16)17-10-6-3-7-11-17/h2-14,20H,15H2,1H3,(H,25,27). The van der Waals surface area contributed by atoms with Crippen molar-refractivity contribution in [2.24, 2.45) is 0 Å². The van der Waals surface area contributed by atoms with Crippen LogP contribution in [0.4, 0.5) is 5.69 Å². The molecule has 1 aliphatic heterocycles. The number of rotatable bonds is 5. The fourth-order valence-electron chi connectivity index (χ4n) is 3.64. The Bertz CT molecular complexity index is 1040. The number of fused-ring (bicyclic) bond motifs is 1. The van der Waals surface area contributed by atoms with Crippen LogP contribution in [0.25, 0.3) is 0 Å². The molecule has 0 aliphatic carbocycles. The Hall–Kier alpha value is -3.73. The van der Waals surface area contributed by atoms with E-state index < -0.39 is 0 Å². The number of anilines is 1. The van der Waals surface area contributed by atoms with Crippen molar-refractivity contribution in [2.75, 3.05) is 12.4 Å². The smallest absolute Gasteiger partial charge is 0.261 e. The Labute approximate surface area is 169 Å². The molecule has 0 aromatic heterocycles. The summed E-state index contributed by atoms with van der Waals surface area (Å²) in [6.45, 7) is 0. The average Bonchev–Trinajstić information content (AvgIpc) is 2.97. The Morgan fingerprint density at radius 1 is 0.828 bits per heavy atom. The first-order valence-corrected chi connectivity index (χ1v) is 9.41. The molecule has 144 valence electrons. The molecule has 0 radical (unpaired) electrons. The lowest BCUT2D eigenvalue weighted by molar-refractivity contribution is -0.116. The zero-order valence-electron chi connectivity index (χ0n) is 16.0. The maximum absolute atomic E-state index is 12.8. The SMILES string of the molecule is CN1C(=O)c2ccc(NC(=O)CC(c3ccccc3)c3ccccc3)cc2C1=O. The summed E-state index contributed by atoms with van der Waals surface area (Å²) >= 11 is 0. The van der Waals surface area contributed by atoms with Crippen LogP contribution in [0.3, 0.4) is 0 Å². The summed E-state index contributed by atoms with van der Waals surface area (Å²) < 4.78 is 0. The van der Waals surface area contributed by atoms with Gasteiger partial charge in [0, 0.05) is 25.1 Å². The van der Waals surface area contributed by atoms with Crippen molar-refractivity contribution in [3.8, 4) is 0 Å². The molecule has 0 bridgehead atoms. The van der Waals surface area contributed by atoms with Gasteiger partial charge in [0.05, 0.1) is 11.1 Å². The molecule has 3 amide bonds. The van der Waals surface area contributed by atoms with Gasteiger partial charge in [-0.2, -0.15) is 0 Å². The van der Waals surface area contributed by atoms with Crippen LogP contribution < -0.4 is 5.32 Å². The van der Waals surface area contributed by atoms with E-state index in [1.54, 1.807) is 18.2 Å². The van der Waals surface area contributed by atoms with E-state index in [0.717, 1.165) is 16.0 Å². The van der Waals surface area contributed by atoms with Gasteiger partial charge in [0.1, 0.15) is 0 Å². The third-order valence-electron chi connectivity index (χ3n) is 5.17. The number of hydrogen-bond acceptors (Lipinski definition) is 3. The molecule has 0 atom stereocenters. The summed E-state index contributed by atoms with van der Waals surface area (Å²) in [6, 6.07) is 24.6. The minimum absolute atomic E-state index is 0.0822. The molecule has 5 nitrogen and oxygen atoms in total. The average molecular weight is 384 g/mol. The molecule has 1 aliphatic rings. The normalized spacial score (nSPS) is 13.0. The maximum atomic E-state index is 12.8. The second-order valence-electron chi connectivity index (χ2n) is 7.06. The van der Waals surface area contributed by atoms with E-state index in [2.05, 4.69) is 5.32 Å². The summed E-state index contributed by atoms with van der Waals surface area (Å²) in [5.74, 6) is -0.919. The summed E-state index contributed by atoms with van der Waals surface area (Å²) in [4.78, 5) is 38.1. The molecule has 5 heteroatoms. The van der Waals surface area contributed by atoms with E-state index in [9.17, 15) is 14.4 Å². The number of carbonyl (C=O) groups excluding carboxylic acids is 3. The van der Waals surface area contributed by atoms with Crippen LogP contribution >= 0.6 is 0 Å². The van der Waals surface area contributed by atoms with Crippen molar-refractivity contribution in [1.29, 1.82) is 0 Å². The summed E-state index contributed by atoms with van der Waals surface area (Å²) in [7, 11) is 1.45. The molecule has 1 heterocycles. The molecule has 3 aromatic rings.